The second-order valence-corrected chi connectivity index (χ2v) is 7.53. The number of nitrogens with one attached hydrogen (secondary N) is 1. The number of nitrogens with zero attached hydrogens (tertiary/aromatic N) is 2. The lowest BCUT2D eigenvalue weighted by atomic mass is 10.0. The Morgan fingerprint density at radius 3 is 2.36 bits per heavy atom. The van der Waals surface area contributed by atoms with Crippen molar-refractivity contribution in [3.63, 3.8) is 0 Å². The zero-order chi connectivity index (χ0) is 23.8. The highest BCUT2D eigenvalue weighted by Crippen LogP contribution is 2.31. The molecule has 0 saturated heterocycles. The van der Waals surface area contributed by atoms with Crippen molar-refractivity contribution in [2.75, 3.05) is 6.54 Å². The smallest absolute Gasteiger partial charge is 0.405 e. The lowest BCUT2D eigenvalue weighted by Crippen LogP contribution is -2.35. The third kappa shape index (κ3) is 5.36. The first-order chi connectivity index (χ1) is 15.5. The summed E-state index contributed by atoms with van der Waals surface area (Å²) in [5, 5.41) is 0. The summed E-state index contributed by atoms with van der Waals surface area (Å²) in [4.78, 5) is 21.5. The molecule has 11 heteroatoms. The number of hydrogen-bond acceptors (Lipinski definition) is 4. The summed E-state index contributed by atoms with van der Waals surface area (Å²) in [7, 11) is 0. The number of ether oxygens (including phenoxy) is 1. The van der Waals surface area contributed by atoms with Gasteiger partial charge in [0.05, 0.1) is 16.8 Å². The van der Waals surface area contributed by atoms with Crippen LogP contribution in [0.25, 0.3) is 11.4 Å². The first-order valence-corrected chi connectivity index (χ1v) is 9.85. The van der Waals surface area contributed by atoms with Crippen LogP contribution in [-0.2, 0) is 25.7 Å². The molecule has 0 spiro atoms. The van der Waals surface area contributed by atoms with Gasteiger partial charge in [-0.1, -0.05) is 30.3 Å². The van der Waals surface area contributed by atoms with Crippen LogP contribution in [0, 0.1) is 0 Å². The van der Waals surface area contributed by atoms with Crippen molar-refractivity contribution in [2.24, 2.45) is 0 Å². The largest absolute Gasteiger partial charge is 0.573 e. The summed E-state index contributed by atoms with van der Waals surface area (Å²) in [6, 6.07) is 10.1. The Balaban J connectivity index is 1.54. The van der Waals surface area contributed by atoms with Gasteiger partial charge < -0.3 is 9.72 Å². The first kappa shape index (κ1) is 22.8. The van der Waals surface area contributed by atoms with Crippen LogP contribution in [-0.4, -0.2) is 27.8 Å². The van der Waals surface area contributed by atoms with Gasteiger partial charge in [-0.05, 0) is 18.2 Å². The highest BCUT2D eigenvalue weighted by molar-refractivity contribution is 5.56. The molecule has 5 nitrogen and oxygen atoms in total. The van der Waals surface area contributed by atoms with Gasteiger partial charge in [-0.15, -0.1) is 13.2 Å². The SMILES string of the molecule is O=c1[nH]c(-c2ccc(C(F)(F)F)cc2)nc2c1CN(Cc1ccccc1OC(F)(F)F)CC2. The number of benzene rings is 2. The molecule has 2 aromatic carbocycles. The number of aromatic amines is 1. The molecule has 1 aliphatic heterocycles. The highest BCUT2D eigenvalue weighted by Gasteiger charge is 2.33. The number of halogens is 6. The fourth-order valence-corrected chi connectivity index (χ4v) is 3.67. The van der Waals surface area contributed by atoms with Crippen LogP contribution < -0.4 is 10.3 Å². The third-order valence-electron chi connectivity index (χ3n) is 5.23. The van der Waals surface area contributed by atoms with Gasteiger partial charge in [-0.2, -0.15) is 13.2 Å². The number of rotatable bonds is 4. The second-order valence-electron chi connectivity index (χ2n) is 7.53. The molecular formula is C22H17F6N3O2. The van der Waals surface area contributed by atoms with E-state index in [0.29, 0.717) is 35.3 Å². The van der Waals surface area contributed by atoms with Crippen molar-refractivity contribution in [1.29, 1.82) is 0 Å². The second kappa shape index (κ2) is 8.54. The van der Waals surface area contributed by atoms with E-state index < -0.39 is 23.7 Å². The molecule has 0 amide bonds. The average Bonchev–Trinajstić information content (AvgIpc) is 2.74. The minimum atomic E-state index is -4.82. The summed E-state index contributed by atoms with van der Waals surface area (Å²) >= 11 is 0. The van der Waals surface area contributed by atoms with Crippen LogP contribution in [0.15, 0.2) is 53.3 Å². The lowest BCUT2D eigenvalue weighted by molar-refractivity contribution is -0.275. The predicted octanol–water partition coefficient (Wildman–Crippen LogP) is 4.91. The van der Waals surface area contributed by atoms with E-state index in [1.54, 1.807) is 11.0 Å². The number of alkyl halides is 6. The maximum atomic E-state index is 12.8. The maximum absolute atomic E-state index is 12.8. The van der Waals surface area contributed by atoms with E-state index in [0.717, 1.165) is 12.1 Å². The van der Waals surface area contributed by atoms with Crippen LogP contribution in [0.1, 0.15) is 22.4 Å². The highest BCUT2D eigenvalue weighted by atomic mass is 19.4. The molecule has 0 saturated carbocycles. The van der Waals surface area contributed by atoms with Crippen molar-refractivity contribution < 1.29 is 31.1 Å². The third-order valence-corrected chi connectivity index (χ3v) is 5.23. The summed E-state index contributed by atoms with van der Waals surface area (Å²) in [5.74, 6) is -0.148. The summed E-state index contributed by atoms with van der Waals surface area (Å²) in [5.41, 5.74) is 0.278. The van der Waals surface area contributed by atoms with Gasteiger partial charge in [-0.25, -0.2) is 4.98 Å². The van der Waals surface area contributed by atoms with Crippen LogP contribution in [0.2, 0.25) is 0 Å². The predicted molar refractivity (Wildman–Crippen MR) is 106 cm³/mol. The molecule has 1 N–H and O–H groups in total. The fraction of sp³-hybridized carbons (Fsp3) is 0.273. The zero-order valence-corrected chi connectivity index (χ0v) is 16.9. The zero-order valence-electron chi connectivity index (χ0n) is 16.9. The molecule has 1 aliphatic rings. The minimum absolute atomic E-state index is 0.131. The van der Waals surface area contributed by atoms with Gasteiger partial charge in [0.15, 0.2) is 0 Å². The van der Waals surface area contributed by atoms with Crippen molar-refractivity contribution >= 4 is 0 Å². The molecule has 0 radical (unpaired) electrons. The normalized spacial score (nSPS) is 14.7. The van der Waals surface area contributed by atoms with Crippen molar-refractivity contribution in [3.8, 4) is 17.1 Å². The summed E-state index contributed by atoms with van der Waals surface area (Å²) in [6.45, 7) is 0.716. The Bertz CT molecular complexity index is 1200. The number of H-pyrrole nitrogens is 1. The van der Waals surface area contributed by atoms with Gasteiger partial charge in [0, 0.05) is 37.2 Å². The first-order valence-electron chi connectivity index (χ1n) is 9.85. The molecule has 2 heterocycles. The van der Waals surface area contributed by atoms with Gasteiger partial charge in [0.25, 0.3) is 5.56 Å². The topological polar surface area (TPSA) is 58.2 Å². The molecule has 1 aromatic heterocycles. The Morgan fingerprint density at radius 2 is 1.70 bits per heavy atom. The van der Waals surface area contributed by atoms with Crippen molar-refractivity contribution in [3.05, 3.63) is 81.3 Å². The Morgan fingerprint density at radius 1 is 1.00 bits per heavy atom. The van der Waals surface area contributed by atoms with E-state index in [1.165, 1.54) is 30.3 Å². The molecule has 174 valence electrons. The van der Waals surface area contributed by atoms with Gasteiger partial charge in [0.1, 0.15) is 11.6 Å². The molecule has 0 atom stereocenters. The summed E-state index contributed by atoms with van der Waals surface area (Å²) in [6.07, 6.45) is -8.93. The Hall–Kier alpha value is -3.34. The molecule has 0 unspecified atom stereocenters. The number of fused-ring (bicyclic) bond motifs is 1. The quantitative estimate of drug-likeness (QED) is 0.552. The molecule has 33 heavy (non-hydrogen) atoms. The van der Waals surface area contributed by atoms with Gasteiger partial charge in [-0.3, -0.25) is 9.69 Å². The molecule has 3 aromatic rings. The molecule has 0 bridgehead atoms. The molecular weight excluding hydrogens is 452 g/mol. The molecule has 4 rings (SSSR count). The molecule has 0 fully saturated rings. The van der Waals surface area contributed by atoms with E-state index in [9.17, 15) is 31.1 Å². The van der Waals surface area contributed by atoms with E-state index in [2.05, 4.69) is 14.7 Å². The minimum Gasteiger partial charge on any atom is -0.405 e. The monoisotopic (exact) mass is 469 g/mol. The van der Waals surface area contributed by atoms with E-state index in [1.807, 2.05) is 0 Å². The van der Waals surface area contributed by atoms with Crippen LogP contribution in [0.5, 0.6) is 5.75 Å². The number of para-hydroxylation sites is 1. The fourth-order valence-electron chi connectivity index (χ4n) is 3.67. The number of hydrogen-bond donors (Lipinski definition) is 1. The van der Waals surface area contributed by atoms with Crippen molar-refractivity contribution in [2.45, 2.75) is 32.0 Å². The van der Waals surface area contributed by atoms with E-state index in [4.69, 9.17) is 0 Å². The van der Waals surface area contributed by atoms with E-state index in [-0.39, 0.29) is 24.7 Å². The lowest BCUT2D eigenvalue weighted by Gasteiger charge is -2.28. The summed E-state index contributed by atoms with van der Waals surface area (Å²) < 4.78 is 80.4. The maximum Gasteiger partial charge on any atom is 0.573 e. The van der Waals surface area contributed by atoms with Crippen molar-refractivity contribution in [1.82, 2.24) is 14.9 Å². The van der Waals surface area contributed by atoms with Gasteiger partial charge >= 0.3 is 12.5 Å². The van der Waals surface area contributed by atoms with Crippen LogP contribution >= 0.6 is 0 Å². The van der Waals surface area contributed by atoms with Gasteiger partial charge in [0.2, 0.25) is 0 Å². The standard InChI is InChI=1S/C22H17F6N3O2/c23-21(24,25)15-7-5-13(6-8-15)19-29-17-9-10-31(12-16(17)20(32)30-19)11-14-3-1-2-4-18(14)33-22(26,27)28/h1-8H,9-12H2,(H,29,30,32). The van der Waals surface area contributed by atoms with Crippen LogP contribution in [0.3, 0.4) is 0 Å². The molecule has 0 aliphatic carbocycles. The Kier molecular flexibility index (Phi) is 5.91. The average molecular weight is 469 g/mol. The van der Waals surface area contributed by atoms with E-state index >= 15 is 0 Å². The van der Waals surface area contributed by atoms with Crippen LogP contribution in [0.4, 0.5) is 26.3 Å². The Labute approximate surface area is 183 Å². The number of aromatic nitrogens is 2.